The van der Waals surface area contributed by atoms with Crippen molar-refractivity contribution in [1.82, 2.24) is 5.32 Å². The van der Waals surface area contributed by atoms with E-state index < -0.39 is 16.9 Å². The Morgan fingerprint density at radius 1 is 1.53 bits per heavy atom. The van der Waals surface area contributed by atoms with Gasteiger partial charge in [0.2, 0.25) is 0 Å². The molecule has 17 heavy (non-hydrogen) atoms. The van der Waals surface area contributed by atoms with Crippen molar-refractivity contribution < 1.29 is 18.8 Å². The number of aliphatic hydroxyl groups is 1. The third kappa shape index (κ3) is 6.47. The smallest absolute Gasteiger partial charge is 0.0779 e. The van der Waals surface area contributed by atoms with Crippen LogP contribution in [0.2, 0.25) is 0 Å². The van der Waals surface area contributed by atoms with Crippen LogP contribution in [0, 0.1) is 0 Å². The second-order valence-electron chi connectivity index (χ2n) is 4.21. The Bertz CT molecular complexity index is 222. The van der Waals surface area contributed by atoms with E-state index in [0.717, 1.165) is 12.8 Å². The Morgan fingerprint density at radius 3 is 2.88 bits per heavy atom. The van der Waals surface area contributed by atoms with Gasteiger partial charge in [-0.05, 0) is 12.8 Å². The van der Waals surface area contributed by atoms with Gasteiger partial charge >= 0.3 is 0 Å². The average Bonchev–Trinajstić information content (AvgIpc) is 2.36. The number of rotatable bonds is 8. The van der Waals surface area contributed by atoms with E-state index in [-0.39, 0.29) is 5.25 Å². The van der Waals surface area contributed by atoms with E-state index >= 15 is 0 Å². The first-order chi connectivity index (χ1) is 8.24. The summed E-state index contributed by atoms with van der Waals surface area (Å²) in [6.45, 7) is 3.18. The van der Waals surface area contributed by atoms with Crippen LogP contribution in [0.25, 0.3) is 0 Å². The van der Waals surface area contributed by atoms with Crippen molar-refractivity contribution in [3.8, 4) is 0 Å². The standard InChI is InChI=1S/C11H23NO4S/c1-15-7-4-12-8-10(13)9-17(14)11-2-5-16-6-3-11/h10-13H,2-9H2,1H3. The van der Waals surface area contributed by atoms with Gasteiger partial charge in [-0.25, -0.2) is 0 Å². The molecular formula is C11H23NO4S. The quantitative estimate of drug-likeness (QED) is 0.580. The summed E-state index contributed by atoms with van der Waals surface area (Å²) in [6, 6.07) is 0. The van der Waals surface area contributed by atoms with E-state index in [2.05, 4.69) is 5.32 Å². The lowest BCUT2D eigenvalue weighted by Gasteiger charge is -2.22. The molecule has 1 fully saturated rings. The minimum Gasteiger partial charge on any atom is -0.391 e. The van der Waals surface area contributed by atoms with Gasteiger partial charge in [0, 0.05) is 49.5 Å². The summed E-state index contributed by atoms with van der Waals surface area (Å²) in [6.07, 6.45) is 1.14. The van der Waals surface area contributed by atoms with Crippen molar-refractivity contribution in [2.24, 2.45) is 0 Å². The fourth-order valence-corrected chi connectivity index (χ4v) is 3.25. The highest BCUT2D eigenvalue weighted by atomic mass is 32.2. The second kappa shape index (κ2) is 8.99. The number of nitrogens with one attached hydrogen (secondary N) is 1. The third-order valence-corrected chi connectivity index (χ3v) is 4.69. The van der Waals surface area contributed by atoms with Gasteiger partial charge in [0.05, 0.1) is 18.5 Å². The zero-order valence-electron chi connectivity index (χ0n) is 10.4. The third-order valence-electron chi connectivity index (χ3n) is 2.76. The largest absolute Gasteiger partial charge is 0.391 e. The van der Waals surface area contributed by atoms with Crippen LogP contribution in [-0.4, -0.2) is 66.4 Å². The van der Waals surface area contributed by atoms with Crippen molar-refractivity contribution in [2.75, 3.05) is 45.8 Å². The minimum atomic E-state index is -0.945. The van der Waals surface area contributed by atoms with Crippen LogP contribution in [0.1, 0.15) is 12.8 Å². The molecule has 1 rings (SSSR count). The Kier molecular flexibility index (Phi) is 7.96. The summed E-state index contributed by atoms with van der Waals surface area (Å²) in [5, 5.41) is 13.0. The molecule has 0 bridgehead atoms. The number of methoxy groups -OCH3 is 1. The molecule has 0 aromatic carbocycles. The molecule has 1 heterocycles. The molecule has 5 nitrogen and oxygen atoms in total. The van der Waals surface area contributed by atoms with Gasteiger partial charge in [-0.3, -0.25) is 4.21 Å². The van der Waals surface area contributed by atoms with Gasteiger partial charge in [0.1, 0.15) is 0 Å². The molecule has 0 radical (unpaired) electrons. The van der Waals surface area contributed by atoms with Crippen molar-refractivity contribution in [3.05, 3.63) is 0 Å². The lowest BCUT2D eigenvalue weighted by atomic mass is 10.2. The molecule has 1 aliphatic heterocycles. The normalized spacial score (nSPS) is 21.3. The monoisotopic (exact) mass is 265 g/mol. The number of ether oxygens (including phenoxy) is 2. The first kappa shape index (κ1) is 15.0. The number of aliphatic hydroxyl groups excluding tert-OH is 1. The fraction of sp³-hybridized carbons (Fsp3) is 1.00. The van der Waals surface area contributed by atoms with Crippen LogP contribution < -0.4 is 5.32 Å². The van der Waals surface area contributed by atoms with Crippen molar-refractivity contribution in [3.63, 3.8) is 0 Å². The lowest BCUT2D eigenvalue weighted by Crippen LogP contribution is -2.36. The average molecular weight is 265 g/mol. The van der Waals surface area contributed by atoms with Gasteiger partial charge in [-0.1, -0.05) is 0 Å². The van der Waals surface area contributed by atoms with Crippen LogP contribution >= 0.6 is 0 Å². The SMILES string of the molecule is COCCNCC(O)CS(=O)C1CCOCC1. The highest BCUT2D eigenvalue weighted by Gasteiger charge is 2.22. The zero-order valence-corrected chi connectivity index (χ0v) is 11.2. The summed E-state index contributed by atoms with van der Waals surface area (Å²) in [4.78, 5) is 0. The van der Waals surface area contributed by atoms with Crippen LogP contribution in [0.5, 0.6) is 0 Å². The lowest BCUT2D eigenvalue weighted by molar-refractivity contribution is 0.0989. The topological polar surface area (TPSA) is 67.8 Å². The highest BCUT2D eigenvalue weighted by Crippen LogP contribution is 2.13. The molecule has 0 aromatic heterocycles. The van der Waals surface area contributed by atoms with Crippen molar-refractivity contribution >= 4 is 10.8 Å². The van der Waals surface area contributed by atoms with E-state index in [1.165, 1.54) is 0 Å². The first-order valence-corrected chi connectivity index (χ1v) is 7.45. The molecule has 2 N–H and O–H groups in total. The predicted octanol–water partition coefficient (Wildman–Crippen LogP) is -0.489. The van der Waals surface area contributed by atoms with Gasteiger partial charge in [0.25, 0.3) is 0 Å². The first-order valence-electron chi connectivity index (χ1n) is 6.06. The van der Waals surface area contributed by atoms with Gasteiger partial charge in [-0.15, -0.1) is 0 Å². The van der Waals surface area contributed by atoms with Crippen LogP contribution in [-0.2, 0) is 20.3 Å². The second-order valence-corrected chi connectivity index (χ2v) is 5.97. The molecule has 0 aromatic rings. The Hall–Kier alpha value is -0.0100. The molecule has 0 saturated carbocycles. The summed E-state index contributed by atoms with van der Waals surface area (Å²) in [5.41, 5.74) is 0. The van der Waals surface area contributed by atoms with Crippen molar-refractivity contribution in [1.29, 1.82) is 0 Å². The van der Waals surface area contributed by atoms with Crippen LogP contribution in [0.15, 0.2) is 0 Å². The molecule has 2 atom stereocenters. The number of hydrogen-bond acceptors (Lipinski definition) is 5. The molecule has 1 saturated heterocycles. The van der Waals surface area contributed by atoms with Crippen LogP contribution in [0.4, 0.5) is 0 Å². The maximum absolute atomic E-state index is 11.9. The molecule has 1 aliphatic rings. The van der Waals surface area contributed by atoms with Crippen molar-refractivity contribution in [2.45, 2.75) is 24.2 Å². The van der Waals surface area contributed by atoms with Gasteiger partial charge in [-0.2, -0.15) is 0 Å². The zero-order chi connectivity index (χ0) is 12.5. The Morgan fingerprint density at radius 2 is 2.24 bits per heavy atom. The fourth-order valence-electron chi connectivity index (χ4n) is 1.77. The van der Waals surface area contributed by atoms with Gasteiger partial charge in [0.15, 0.2) is 0 Å². The van der Waals surface area contributed by atoms with E-state index in [4.69, 9.17) is 9.47 Å². The summed E-state index contributed by atoms with van der Waals surface area (Å²) in [7, 11) is 0.692. The predicted molar refractivity (Wildman–Crippen MR) is 67.6 cm³/mol. The minimum absolute atomic E-state index is 0.192. The molecular weight excluding hydrogens is 242 g/mol. The maximum Gasteiger partial charge on any atom is 0.0779 e. The summed E-state index contributed by atoms with van der Waals surface area (Å²) in [5.74, 6) is 0.352. The molecule has 2 unspecified atom stereocenters. The van der Waals surface area contributed by atoms with Crippen LogP contribution in [0.3, 0.4) is 0 Å². The Labute approximate surface area is 105 Å². The molecule has 0 aliphatic carbocycles. The molecule has 6 heteroatoms. The maximum atomic E-state index is 11.9. The number of hydrogen-bond donors (Lipinski definition) is 2. The Balaban J connectivity index is 2.11. The molecule has 0 amide bonds. The summed E-state index contributed by atoms with van der Waals surface area (Å²) >= 11 is 0. The van der Waals surface area contributed by atoms with E-state index in [1.807, 2.05) is 0 Å². The molecule has 0 spiro atoms. The van der Waals surface area contributed by atoms with E-state index in [0.29, 0.717) is 38.7 Å². The van der Waals surface area contributed by atoms with E-state index in [1.54, 1.807) is 7.11 Å². The summed E-state index contributed by atoms with van der Waals surface area (Å²) < 4.78 is 22.0. The van der Waals surface area contributed by atoms with E-state index in [9.17, 15) is 9.32 Å². The van der Waals surface area contributed by atoms with Gasteiger partial charge < -0.3 is 19.9 Å². The highest BCUT2D eigenvalue weighted by molar-refractivity contribution is 7.85. The molecule has 102 valence electrons.